The fraction of sp³-hybridized carbons (Fsp3) is 0.333. The molecule has 0 atom stereocenters. The van der Waals surface area contributed by atoms with Crippen LogP contribution in [-0.2, 0) is 4.79 Å². The zero-order valence-corrected chi connectivity index (χ0v) is 11.8. The van der Waals surface area contributed by atoms with Gasteiger partial charge in [0, 0.05) is 0 Å². The highest BCUT2D eigenvalue weighted by atomic mass is 16.5. The van der Waals surface area contributed by atoms with Crippen molar-refractivity contribution in [2.75, 3.05) is 13.7 Å². The molecule has 0 saturated heterocycles. The van der Waals surface area contributed by atoms with Gasteiger partial charge in [0.2, 0.25) is 0 Å². The minimum absolute atomic E-state index is 0.108. The second-order valence-corrected chi connectivity index (χ2v) is 4.65. The topological polar surface area (TPSA) is 85.3 Å². The van der Waals surface area contributed by atoms with Gasteiger partial charge in [-0.1, -0.05) is 19.9 Å². The van der Waals surface area contributed by atoms with Gasteiger partial charge in [-0.05, 0) is 29.7 Å². The third-order valence-corrected chi connectivity index (χ3v) is 2.46. The van der Waals surface area contributed by atoms with Crippen LogP contribution in [0.1, 0.15) is 19.4 Å². The normalized spacial score (nSPS) is 11.1. The lowest BCUT2D eigenvalue weighted by atomic mass is 10.1. The Labute approximate surface area is 118 Å². The summed E-state index contributed by atoms with van der Waals surface area (Å²) in [6.45, 7) is 4.68. The van der Waals surface area contributed by atoms with Gasteiger partial charge < -0.3 is 15.2 Å². The van der Waals surface area contributed by atoms with Gasteiger partial charge in [-0.15, -0.1) is 0 Å². The number of methoxy groups -OCH3 is 1. The second kappa shape index (κ2) is 7.19. The molecule has 1 aromatic rings. The quantitative estimate of drug-likeness (QED) is 0.636. The summed E-state index contributed by atoms with van der Waals surface area (Å²) in [6.07, 6.45) is 1.41. The molecule has 106 valence electrons. The van der Waals surface area contributed by atoms with Gasteiger partial charge in [-0.2, -0.15) is 5.26 Å². The van der Waals surface area contributed by atoms with Crippen molar-refractivity contribution in [2.45, 2.75) is 13.8 Å². The lowest BCUT2D eigenvalue weighted by molar-refractivity contribution is -0.114. The first-order valence-electron chi connectivity index (χ1n) is 6.20. The molecule has 1 rings (SSSR count). The zero-order chi connectivity index (χ0) is 15.1. The molecule has 0 aromatic heterocycles. The highest BCUT2D eigenvalue weighted by Crippen LogP contribution is 2.29. The average Bonchev–Trinajstić information content (AvgIpc) is 2.42. The van der Waals surface area contributed by atoms with Crippen molar-refractivity contribution in [1.82, 2.24) is 0 Å². The van der Waals surface area contributed by atoms with Crippen LogP contribution in [0.3, 0.4) is 0 Å². The Morgan fingerprint density at radius 2 is 2.15 bits per heavy atom. The SMILES string of the molecule is COc1cc(/C=C(\C#N)C(N)=O)ccc1OCC(C)C. The summed E-state index contributed by atoms with van der Waals surface area (Å²) >= 11 is 0. The van der Waals surface area contributed by atoms with Crippen molar-refractivity contribution >= 4 is 12.0 Å². The Bertz CT molecular complexity index is 557. The van der Waals surface area contributed by atoms with E-state index in [1.807, 2.05) is 0 Å². The van der Waals surface area contributed by atoms with Crippen LogP contribution in [-0.4, -0.2) is 19.6 Å². The van der Waals surface area contributed by atoms with Crippen LogP contribution >= 0.6 is 0 Å². The van der Waals surface area contributed by atoms with E-state index in [1.165, 1.54) is 13.2 Å². The van der Waals surface area contributed by atoms with Crippen molar-refractivity contribution in [1.29, 1.82) is 5.26 Å². The van der Waals surface area contributed by atoms with Gasteiger partial charge in [-0.3, -0.25) is 4.79 Å². The van der Waals surface area contributed by atoms with E-state index in [2.05, 4.69) is 13.8 Å². The number of carbonyl (C=O) groups excluding carboxylic acids is 1. The third-order valence-electron chi connectivity index (χ3n) is 2.46. The van der Waals surface area contributed by atoms with E-state index < -0.39 is 5.91 Å². The lowest BCUT2D eigenvalue weighted by Gasteiger charge is -2.12. The molecular formula is C15H18N2O3. The van der Waals surface area contributed by atoms with Crippen molar-refractivity contribution in [2.24, 2.45) is 11.7 Å². The smallest absolute Gasteiger partial charge is 0.259 e. The van der Waals surface area contributed by atoms with Crippen LogP contribution in [0.15, 0.2) is 23.8 Å². The summed E-state index contributed by atoms with van der Waals surface area (Å²) in [5, 5.41) is 8.81. The van der Waals surface area contributed by atoms with Crippen LogP contribution < -0.4 is 15.2 Å². The molecular weight excluding hydrogens is 256 g/mol. The summed E-state index contributed by atoms with van der Waals surface area (Å²) in [4.78, 5) is 11.0. The molecule has 0 radical (unpaired) electrons. The molecule has 5 nitrogen and oxygen atoms in total. The summed E-state index contributed by atoms with van der Waals surface area (Å²) in [5.41, 5.74) is 5.63. The minimum atomic E-state index is -0.758. The van der Waals surface area contributed by atoms with Crippen LogP contribution in [0.4, 0.5) is 0 Å². The molecule has 5 heteroatoms. The van der Waals surface area contributed by atoms with Gasteiger partial charge in [0.05, 0.1) is 13.7 Å². The first-order chi connectivity index (χ1) is 9.47. The van der Waals surface area contributed by atoms with Gasteiger partial charge in [-0.25, -0.2) is 0 Å². The second-order valence-electron chi connectivity index (χ2n) is 4.65. The van der Waals surface area contributed by atoms with Crippen LogP contribution in [0.5, 0.6) is 11.5 Å². The van der Waals surface area contributed by atoms with E-state index >= 15 is 0 Å². The first-order valence-corrected chi connectivity index (χ1v) is 6.20. The van der Waals surface area contributed by atoms with Crippen LogP contribution in [0.25, 0.3) is 6.08 Å². The number of amides is 1. The molecule has 0 bridgehead atoms. The van der Waals surface area contributed by atoms with E-state index in [9.17, 15) is 4.79 Å². The van der Waals surface area contributed by atoms with Gasteiger partial charge in [0.1, 0.15) is 11.6 Å². The highest BCUT2D eigenvalue weighted by Gasteiger charge is 2.08. The fourth-order valence-corrected chi connectivity index (χ4v) is 1.47. The number of rotatable bonds is 6. The lowest BCUT2D eigenvalue weighted by Crippen LogP contribution is -2.12. The molecule has 0 unspecified atom stereocenters. The molecule has 0 aliphatic heterocycles. The number of nitriles is 1. The number of nitrogens with zero attached hydrogens (tertiary/aromatic N) is 1. The molecule has 0 fully saturated rings. The minimum Gasteiger partial charge on any atom is -0.493 e. The average molecular weight is 274 g/mol. The van der Waals surface area contributed by atoms with E-state index in [0.29, 0.717) is 29.6 Å². The number of primary amides is 1. The number of nitrogens with two attached hydrogens (primary N) is 1. The monoisotopic (exact) mass is 274 g/mol. The van der Waals surface area contributed by atoms with E-state index in [1.54, 1.807) is 24.3 Å². The predicted molar refractivity (Wildman–Crippen MR) is 76.1 cm³/mol. The Hall–Kier alpha value is -2.48. The molecule has 0 heterocycles. The Kier molecular flexibility index (Phi) is 5.60. The highest BCUT2D eigenvalue weighted by molar-refractivity contribution is 6.00. The summed E-state index contributed by atoms with van der Waals surface area (Å²) in [6, 6.07) is 6.92. The maximum atomic E-state index is 11.0. The van der Waals surface area contributed by atoms with Gasteiger partial charge in [0.25, 0.3) is 5.91 Å². The van der Waals surface area contributed by atoms with Gasteiger partial charge >= 0.3 is 0 Å². The molecule has 20 heavy (non-hydrogen) atoms. The molecule has 0 aliphatic rings. The summed E-state index contributed by atoms with van der Waals surface area (Å²) < 4.78 is 10.9. The van der Waals surface area contributed by atoms with Crippen molar-refractivity contribution < 1.29 is 14.3 Å². The molecule has 0 spiro atoms. The maximum absolute atomic E-state index is 11.0. The Balaban J connectivity index is 3.04. The van der Waals surface area contributed by atoms with E-state index in [4.69, 9.17) is 20.5 Å². The summed E-state index contributed by atoms with van der Waals surface area (Å²) in [7, 11) is 1.53. The van der Waals surface area contributed by atoms with E-state index in [0.717, 1.165) is 0 Å². The first kappa shape index (κ1) is 15.6. The molecule has 1 aromatic carbocycles. The number of carbonyl (C=O) groups is 1. The molecule has 2 N–H and O–H groups in total. The molecule has 1 amide bonds. The van der Waals surface area contributed by atoms with E-state index in [-0.39, 0.29) is 5.57 Å². The van der Waals surface area contributed by atoms with Crippen molar-refractivity contribution in [3.05, 3.63) is 29.3 Å². The standard InChI is InChI=1S/C15H18N2O3/c1-10(2)9-20-13-5-4-11(7-14(13)19-3)6-12(8-16)15(17)18/h4-7,10H,9H2,1-3H3,(H2,17,18)/b12-6+. The number of hydrogen-bond acceptors (Lipinski definition) is 4. The van der Waals surface area contributed by atoms with Crippen molar-refractivity contribution in [3.63, 3.8) is 0 Å². The van der Waals surface area contributed by atoms with Crippen LogP contribution in [0, 0.1) is 17.2 Å². The fourth-order valence-electron chi connectivity index (χ4n) is 1.47. The summed E-state index contributed by atoms with van der Waals surface area (Å²) in [5.74, 6) is 0.808. The number of hydrogen-bond donors (Lipinski definition) is 1. The molecule has 0 saturated carbocycles. The van der Waals surface area contributed by atoms with Crippen LogP contribution in [0.2, 0.25) is 0 Å². The molecule has 0 aliphatic carbocycles. The number of ether oxygens (including phenoxy) is 2. The Morgan fingerprint density at radius 1 is 1.45 bits per heavy atom. The Morgan fingerprint density at radius 3 is 2.65 bits per heavy atom. The maximum Gasteiger partial charge on any atom is 0.259 e. The predicted octanol–water partition coefficient (Wildman–Crippen LogP) is 2.12. The third kappa shape index (κ3) is 4.32. The number of benzene rings is 1. The van der Waals surface area contributed by atoms with Gasteiger partial charge in [0.15, 0.2) is 11.5 Å². The van der Waals surface area contributed by atoms with Crippen molar-refractivity contribution in [3.8, 4) is 17.6 Å². The largest absolute Gasteiger partial charge is 0.493 e. The zero-order valence-electron chi connectivity index (χ0n) is 11.8.